The summed E-state index contributed by atoms with van der Waals surface area (Å²) in [6.07, 6.45) is 8.70. The summed E-state index contributed by atoms with van der Waals surface area (Å²) in [4.78, 5) is 19.6. The lowest BCUT2D eigenvalue weighted by molar-refractivity contribution is -0.146. The van der Waals surface area contributed by atoms with E-state index in [1.165, 1.54) is 32.0 Å². The molecule has 1 aromatic heterocycles. The predicted molar refractivity (Wildman–Crippen MR) is 69.8 cm³/mol. The monoisotopic (exact) mass is 261 g/mol. The molecule has 5 heteroatoms. The molecule has 0 saturated heterocycles. The van der Waals surface area contributed by atoms with Crippen molar-refractivity contribution in [3.8, 4) is 0 Å². The third-order valence-electron chi connectivity index (χ3n) is 4.52. The van der Waals surface area contributed by atoms with Gasteiger partial charge < -0.3 is 10.5 Å². The van der Waals surface area contributed by atoms with Crippen molar-refractivity contribution < 1.29 is 9.53 Å². The molecular formula is C14H19N3O2. The number of ether oxygens (including phenoxy) is 1. The zero-order valence-corrected chi connectivity index (χ0v) is 10.9. The highest BCUT2D eigenvalue weighted by Crippen LogP contribution is 2.49. The van der Waals surface area contributed by atoms with E-state index in [0.29, 0.717) is 23.7 Å². The number of aromatic nitrogens is 2. The number of esters is 1. The smallest absolute Gasteiger partial charge is 0.306 e. The van der Waals surface area contributed by atoms with Gasteiger partial charge >= 0.3 is 5.97 Å². The number of carbonyl (C=O) groups excluding carboxylic acids is 1. The zero-order valence-electron chi connectivity index (χ0n) is 10.9. The molecule has 1 aromatic rings. The second kappa shape index (κ2) is 5.15. The first-order valence-corrected chi connectivity index (χ1v) is 6.92. The van der Waals surface area contributed by atoms with E-state index >= 15 is 0 Å². The molecule has 2 N–H and O–H groups in total. The molecule has 102 valence electrons. The second-order valence-electron chi connectivity index (χ2n) is 5.73. The summed E-state index contributed by atoms with van der Waals surface area (Å²) < 4.78 is 5.28. The minimum Gasteiger partial charge on any atom is -0.461 e. The zero-order chi connectivity index (χ0) is 13.2. The molecule has 3 rings (SSSR count). The molecule has 2 fully saturated rings. The predicted octanol–water partition coefficient (Wildman–Crippen LogP) is 1.93. The lowest BCUT2D eigenvalue weighted by Gasteiger charge is -2.20. The Morgan fingerprint density at radius 1 is 1.42 bits per heavy atom. The van der Waals surface area contributed by atoms with Crippen LogP contribution in [0.15, 0.2) is 12.5 Å². The van der Waals surface area contributed by atoms with Gasteiger partial charge in [-0.25, -0.2) is 9.97 Å². The first kappa shape index (κ1) is 12.4. The fraction of sp³-hybridized carbons (Fsp3) is 0.643. The lowest BCUT2D eigenvalue weighted by Crippen LogP contribution is -2.17. The average Bonchev–Trinajstić information content (AvgIpc) is 3.00. The molecule has 0 amide bonds. The third-order valence-corrected chi connectivity index (χ3v) is 4.52. The SMILES string of the molecule is Nc1ncncc1COC(=O)CC1CC2CCC1C2. The van der Waals surface area contributed by atoms with Gasteiger partial charge in [-0.05, 0) is 37.0 Å². The molecule has 3 unspecified atom stereocenters. The molecule has 0 aromatic carbocycles. The Morgan fingerprint density at radius 2 is 2.32 bits per heavy atom. The van der Waals surface area contributed by atoms with Crippen molar-refractivity contribution in [2.24, 2.45) is 17.8 Å². The fourth-order valence-corrected chi connectivity index (χ4v) is 3.54. The molecule has 3 atom stereocenters. The Labute approximate surface area is 112 Å². The number of fused-ring (bicyclic) bond motifs is 2. The maximum Gasteiger partial charge on any atom is 0.306 e. The number of hydrogen-bond donors (Lipinski definition) is 1. The molecule has 1 heterocycles. The maximum atomic E-state index is 11.9. The van der Waals surface area contributed by atoms with Crippen molar-refractivity contribution in [3.63, 3.8) is 0 Å². The lowest BCUT2D eigenvalue weighted by atomic mass is 9.86. The molecule has 5 nitrogen and oxygen atoms in total. The van der Waals surface area contributed by atoms with Crippen molar-refractivity contribution in [2.75, 3.05) is 5.73 Å². The van der Waals surface area contributed by atoms with Crippen LogP contribution in [0.2, 0.25) is 0 Å². The van der Waals surface area contributed by atoms with Crippen molar-refractivity contribution in [3.05, 3.63) is 18.1 Å². The van der Waals surface area contributed by atoms with E-state index in [2.05, 4.69) is 9.97 Å². The van der Waals surface area contributed by atoms with Gasteiger partial charge in [-0.15, -0.1) is 0 Å². The number of rotatable bonds is 4. The van der Waals surface area contributed by atoms with Gasteiger partial charge in [-0.2, -0.15) is 0 Å². The van der Waals surface area contributed by atoms with Crippen LogP contribution in [0.3, 0.4) is 0 Å². The average molecular weight is 261 g/mol. The number of carbonyl (C=O) groups is 1. The van der Waals surface area contributed by atoms with E-state index in [4.69, 9.17) is 10.5 Å². The van der Waals surface area contributed by atoms with E-state index < -0.39 is 0 Å². The Hall–Kier alpha value is -1.65. The van der Waals surface area contributed by atoms with E-state index in [1.54, 1.807) is 6.20 Å². The molecule has 0 radical (unpaired) electrons. The van der Waals surface area contributed by atoms with Crippen LogP contribution in [0.1, 0.15) is 37.7 Å². The molecule has 2 bridgehead atoms. The van der Waals surface area contributed by atoms with Gasteiger partial charge in [-0.1, -0.05) is 6.42 Å². The van der Waals surface area contributed by atoms with Gasteiger partial charge in [0.2, 0.25) is 0 Å². The van der Waals surface area contributed by atoms with Gasteiger partial charge in [0.25, 0.3) is 0 Å². The van der Waals surface area contributed by atoms with Gasteiger partial charge in [0.1, 0.15) is 18.8 Å². The number of hydrogen-bond acceptors (Lipinski definition) is 5. The van der Waals surface area contributed by atoms with Crippen LogP contribution in [-0.2, 0) is 16.1 Å². The number of nitrogens with two attached hydrogens (primary N) is 1. The van der Waals surface area contributed by atoms with E-state index in [-0.39, 0.29) is 12.6 Å². The highest BCUT2D eigenvalue weighted by molar-refractivity contribution is 5.70. The van der Waals surface area contributed by atoms with Crippen molar-refractivity contribution in [1.82, 2.24) is 9.97 Å². The van der Waals surface area contributed by atoms with E-state index in [1.807, 2.05) is 0 Å². The van der Waals surface area contributed by atoms with Gasteiger partial charge in [0, 0.05) is 18.2 Å². The van der Waals surface area contributed by atoms with Crippen LogP contribution in [0.25, 0.3) is 0 Å². The first-order chi connectivity index (χ1) is 9.22. The number of anilines is 1. The Morgan fingerprint density at radius 3 is 3.00 bits per heavy atom. The fourth-order valence-electron chi connectivity index (χ4n) is 3.54. The Bertz CT molecular complexity index is 478. The summed E-state index contributed by atoms with van der Waals surface area (Å²) in [5.74, 6) is 2.41. The van der Waals surface area contributed by atoms with Crippen LogP contribution in [0.5, 0.6) is 0 Å². The topological polar surface area (TPSA) is 78.1 Å². The standard InChI is InChI=1S/C14H19N3O2/c15-14-12(6-16-8-17-14)7-19-13(18)5-11-4-9-1-2-10(11)3-9/h6,8-11H,1-5,7H2,(H2,15,16,17). The van der Waals surface area contributed by atoms with Crippen LogP contribution in [-0.4, -0.2) is 15.9 Å². The summed E-state index contributed by atoms with van der Waals surface area (Å²) >= 11 is 0. The van der Waals surface area contributed by atoms with Crippen LogP contribution < -0.4 is 5.73 Å². The minimum atomic E-state index is -0.124. The second-order valence-corrected chi connectivity index (χ2v) is 5.73. The number of nitrogens with zero attached hydrogens (tertiary/aromatic N) is 2. The summed E-state index contributed by atoms with van der Waals surface area (Å²) in [7, 11) is 0. The third kappa shape index (κ3) is 2.69. The number of nitrogen functional groups attached to an aromatic ring is 1. The van der Waals surface area contributed by atoms with Crippen LogP contribution >= 0.6 is 0 Å². The Kier molecular flexibility index (Phi) is 3.36. The Balaban J connectivity index is 1.48. The highest BCUT2D eigenvalue weighted by Gasteiger charge is 2.40. The van der Waals surface area contributed by atoms with Gasteiger partial charge in [0.15, 0.2) is 0 Å². The normalized spacial score (nSPS) is 28.5. The summed E-state index contributed by atoms with van der Waals surface area (Å²) in [5, 5.41) is 0. The van der Waals surface area contributed by atoms with Crippen molar-refractivity contribution in [1.29, 1.82) is 0 Å². The summed E-state index contributed by atoms with van der Waals surface area (Å²) in [6.45, 7) is 0.173. The quantitative estimate of drug-likeness (QED) is 0.838. The largest absolute Gasteiger partial charge is 0.461 e. The molecule has 0 spiro atoms. The summed E-state index contributed by atoms with van der Waals surface area (Å²) in [6, 6.07) is 0. The molecule has 19 heavy (non-hydrogen) atoms. The minimum absolute atomic E-state index is 0.124. The van der Waals surface area contributed by atoms with E-state index in [0.717, 1.165) is 11.8 Å². The molecule has 2 saturated carbocycles. The molecule has 2 aliphatic carbocycles. The molecule has 0 aliphatic heterocycles. The maximum absolute atomic E-state index is 11.9. The van der Waals surface area contributed by atoms with Crippen molar-refractivity contribution >= 4 is 11.8 Å². The van der Waals surface area contributed by atoms with Crippen LogP contribution in [0.4, 0.5) is 5.82 Å². The van der Waals surface area contributed by atoms with Crippen LogP contribution in [0, 0.1) is 17.8 Å². The summed E-state index contributed by atoms with van der Waals surface area (Å²) in [5.41, 5.74) is 6.35. The molecule has 2 aliphatic rings. The van der Waals surface area contributed by atoms with Crippen molar-refractivity contribution in [2.45, 2.75) is 38.7 Å². The van der Waals surface area contributed by atoms with Gasteiger partial charge in [0.05, 0.1) is 0 Å². The van der Waals surface area contributed by atoms with E-state index in [9.17, 15) is 4.79 Å². The molecular weight excluding hydrogens is 242 g/mol. The highest BCUT2D eigenvalue weighted by atomic mass is 16.5. The van der Waals surface area contributed by atoms with Gasteiger partial charge in [-0.3, -0.25) is 4.79 Å². The first-order valence-electron chi connectivity index (χ1n) is 6.92.